The highest BCUT2D eigenvalue weighted by molar-refractivity contribution is 4.91. The Morgan fingerprint density at radius 2 is 1.48 bits per heavy atom. The number of unbranched alkanes of at least 4 members (excludes halogenated alkanes) is 1. The van der Waals surface area contributed by atoms with Crippen LogP contribution < -0.4 is 0 Å². The van der Waals surface area contributed by atoms with Gasteiger partial charge >= 0.3 is 0 Å². The number of rotatable bonds is 7. The van der Waals surface area contributed by atoms with E-state index < -0.39 is 11.8 Å². The van der Waals surface area contributed by atoms with Crippen molar-refractivity contribution >= 4 is 0 Å². The summed E-state index contributed by atoms with van der Waals surface area (Å²) in [4.78, 5) is 4.79. The summed E-state index contributed by atoms with van der Waals surface area (Å²) in [6.07, 6.45) is 6.99. The van der Waals surface area contributed by atoms with Crippen LogP contribution in [0.25, 0.3) is 0 Å². The molecule has 0 radical (unpaired) electrons. The van der Waals surface area contributed by atoms with Gasteiger partial charge in [-0.05, 0) is 32.6 Å². The summed E-state index contributed by atoms with van der Waals surface area (Å²) < 4.78 is 24.8. The molecule has 6 nitrogen and oxygen atoms in total. The highest BCUT2D eigenvalue weighted by Gasteiger charge is 2.53. The van der Waals surface area contributed by atoms with Crippen molar-refractivity contribution in [1.82, 2.24) is 9.80 Å². The lowest BCUT2D eigenvalue weighted by Gasteiger charge is -2.31. The van der Waals surface area contributed by atoms with Crippen LogP contribution in [0.5, 0.6) is 0 Å². The quantitative estimate of drug-likeness (QED) is 0.655. The van der Waals surface area contributed by atoms with Crippen LogP contribution in [-0.2, 0) is 18.9 Å². The van der Waals surface area contributed by atoms with E-state index in [0.29, 0.717) is 12.2 Å². The first-order valence-corrected chi connectivity index (χ1v) is 10.3. The molecule has 4 rings (SSSR count). The van der Waals surface area contributed by atoms with Crippen molar-refractivity contribution in [1.29, 1.82) is 0 Å². The van der Waals surface area contributed by atoms with Crippen LogP contribution in [0.3, 0.4) is 0 Å². The van der Waals surface area contributed by atoms with Gasteiger partial charge in [-0.1, -0.05) is 13.8 Å². The van der Waals surface area contributed by atoms with Crippen LogP contribution in [0.4, 0.5) is 0 Å². The SMILES string of the molecule is CCC1CN2CCOC2(CCCCC23OC(C)CN2CC(CC)O3)O1. The third-order valence-electron chi connectivity index (χ3n) is 6.21. The predicted molar refractivity (Wildman–Crippen MR) is 93.9 cm³/mol. The summed E-state index contributed by atoms with van der Waals surface area (Å²) in [5, 5.41) is 0. The van der Waals surface area contributed by atoms with Crippen molar-refractivity contribution in [2.75, 3.05) is 32.8 Å². The minimum atomic E-state index is -0.476. The zero-order chi connectivity index (χ0) is 17.5. The molecule has 0 spiro atoms. The van der Waals surface area contributed by atoms with Crippen LogP contribution >= 0.6 is 0 Å². The fourth-order valence-electron chi connectivity index (χ4n) is 4.88. The average molecular weight is 354 g/mol. The van der Waals surface area contributed by atoms with E-state index in [0.717, 1.165) is 71.3 Å². The topological polar surface area (TPSA) is 43.4 Å². The maximum absolute atomic E-state index is 6.31. The molecule has 0 aromatic carbocycles. The van der Waals surface area contributed by atoms with Gasteiger partial charge < -0.3 is 18.9 Å². The molecule has 4 heterocycles. The van der Waals surface area contributed by atoms with Crippen molar-refractivity contribution in [3.8, 4) is 0 Å². The largest absolute Gasteiger partial charge is 0.336 e. The molecule has 0 N–H and O–H groups in total. The molecule has 5 unspecified atom stereocenters. The summed E-state index contributed by atoms with van der Waals surface area (Å²) in [5.74, 6) is -0.930. The van der Waals surface area contributed by atoms with Crippen molar-refractivity contribution in [2.24, 2.45) is 0 Å². The molecule has 4 saturated heterocycles. The lowest BCUT2D eigenvalue weighted by molar-refractivity contribution is -0.263. The third-order valence-corrected chi connectivity index (χ3v) is 6.21. The van der Waals surface area contributed by atoms with E-state index in [1.165, 1.54) is 0 Å². The highest BCUT2D eigenvalue weighted by Crippen LogP contribution is 2.42. The van der Waals surface area contributed by atoms with E-state index in [4.69, 9.17) is 18.9 Å². The first kappa shape index (κ1) is 18.1. The van der Waals surface area contributed by atoms with Gasteiger partial charge in [0.15, 0.2) is 0 Å². The number of hydrogen-bond donors (Lipinski definition) is 0. The Bertz CT molecular complexity index is 478. The van der Waals surface area contributed by atoms with Gasteiger partial charge in [-0.2, -0.15) is 0 Å². The first-order chi connectivity index (χ1) is 12.1. The lowest BCUT2D eigenvalue weighted by Crippen LogP contribution is -2.42. The van der Waals surface area contributed by atoms with Crippen LogP contribution in [0.15, 0.2) is 0 Å². The number of hydrogen-bond acceptors (Lipinski definition) is 6. The molecule has 144 valence electrons. The maximum atomic E-state index is 6.31. The normalized spacial score (nSPS) is 44.5. The zero-order valence-corrected chi connectivity index (χ0v) is 16.0. The van der Waals surface area contributed by atoms with E-state index in [1.54, 1.807) is 0 Å². The highest BCUT2D eigenvalue weighted by atomic mass is 16.8. The summed E-state index contributed by atoms with van der Waals surface area (Å²) in [6.45, 7) is 11.3. The maximum Gasteiger partial charge on any atom is 0.230 e. The van der Waals surface area contributed by atoms with Gasteiger partial charge in [0.05, 0.1) is 24.9 Å². The smallest absolute Gasteiger partial charge is 0.230 e. The molecule has 4 aliphatic heterocycles. The first-order valence-electron chi connectivity index (χ1n) is 10.3. The second-order valence-corrected chi connectivity index (χ2v) is 8.06. The molecule has 0 amide bonds. The summed E-state index contributed by atoms with van der Waals surface area (Å²) in [6, 6.07) is 0. The van der Waals surface area contributed by atoms with Crippen LogP contribution in [-0.4, -0.2) is 72.7 Å². The second kappa shape index (κ2) is 7.06. The van der Waals surface area contributed by atoms with Gasteiger partial charge in [0.2, 0.25) is 11.8 Å². The standard InChI is InChI=1S/C19H34N2O4/c1-4-16-13-20-10-11-22-18(20,24-16)8-6-7-9-19-21(12-15(3)23-19)14-17(5-2)25-19/h15-17H,4-14H2,1-3H3. The van der Waals surface area contributed by atoms with Gasteiger partial charge in [0.25, 0.3) is 0 Å². The van der Waals surface area contributed by atoms with Crippen molar-refractivity contribution in [3.63, 3.8) is 0 Å². The van der Waals surface area contributed by atoms with Crippen LogP contribution in [0.2, 0.25) is 0 Å². The molecule has 0 saturated carbocycles. The minimum Gasteiger partial charge on any atom is -0.336 e. The van der Waals surface area contributed by atoms with Gasteiger partial charge in [-0.3, -0.25) is 0 Å². The molecule has 5 atom stereocenters. The molecule has 6 heteroatoms. The van der Waals surface area contributed by atoms with Crippen molar-refractivity contribution in [3.05, 3.63) is 0 Å². The van der Waals surface area contributed by atoms with Crippen molar-refractivity contribution < 1.29 is 18.9 Å². The molecule has 0 aliphatic carbocycles. The molecule has 4 fully saturated rings. The van der Waals surface area contributed by atoms with Gasteiger partial charge in [0, 0.05) is 39.0 Å². The monoisotopic (exact) mass is 354 g/mol. The average Bonchev–Trinajstić information content (AvgIpc) is 3.27. The molecule has 25 heavy (non-hydrogen) atoms. The van der Waals surface area contributed by atoms with Crippen LogP contribution in [0, 0.1) is 0 Å². The Hall–Kier alpha value is -0.240. The molecule has 0 aromatic heterocycles. The predicted octanol–water partition coefficient (Wildman–Crippen LogP) is 2.52. The van der Waals surface area contributed by atoms with Crippen molar-refractivity contribution in [2.45, 2.75) is 89.4 Å². The van der Waals surface area contributed by atoms with E-state index >= 15 is 0 Å². The Morgan fingerprint density at radius 1 is 0.840 bits per heavy atom. The van der Waals surface area contributed by atoms with E-state index in [2.05, 4.69) is 30.6 Å². The lowest BCUT2D eigenvalue weighted by atomic mass is 10.1. The molecule has 4 aliphatic rings. The minimum absolute atomic E-state index is 0.258. The van der Waals surface area contributed by atoms with Gasteiger partial charge in [-0.15, -0.1) is 0 Å². The molecule has 0 bridgehead atoms. The second-order valence-electron chi connectivity index (χ2n) is 8.06. The Kier molecular flexibility index (Phi) is 5.12. The third kappa shape index (κ3) is 3.26. The molecular formula is C19H34N2O4. The fourth-order valence-corrected chi connectivity index (χ4v) is 4.88. The number of ether oxygens (including phenoxy) is 4. The fraction of sp³-hybridized carbons (Fsp3) is 1.00. The van der Waals surface area contributed by atoms with E-state index in [1.807, 2.05) is 0 Å². The number of fused-ring (bicyclic) bond motifs is 2. The van der Waals surface area contributed by atoms with Crippen LogP contribution in [0.1, 0.15) is 59.3 Å². The van der Waals surface area contributed by atoms with Gasteiger partial charge in [-0.25, -0.2) is 9.80 Å². The zero-order valence-electron chi connectivity index (χ0n) is 16.0. The Morgan fingerprint density at radius 3 is 2.20 bits per heavy atom. The molecule has 0 aromatic rings. The summed E-state index contributed by atoms with van der Waals surface area (Å²) >= 11 is 0. The summed E-state index contributed by atoms with van der Waals surface area (Å²) in [5.41, 5.74) is 0. The Labute approximate surface area is 151 Å². The summed E-state index contributed by atoms with van der Waals surface area (Å²) in [7, 11) is 0. The molecular weight excluding hydrogens is 320 g/mol. The van der Waals surface area contributed by atoms with E-state index in [9.17, 15) is 0 Å². The Balaban J connectivity index is 1.30. The van der Waals surface area contributed by atoms with E-state index in [-0.39, 0.29) is 6.10 Å². The number of nitrogens with zero attached hydrogens (tertiary/aromatic N) is 2. The van der Waals surface area contributed by atoms with Gasteiger partial charge in [0.1, 0.15) is 0 Å².